The van der Waals surface area contributed by atoms with Gasteiger partial charge in [0, 0.05) is 31.1 Å². The molecule has 0 spiro atoms. The molecule has 10 heteroatoms. The molecule has 1 N–H and O–H groups in total. The van der Waals surface area contributed by atoms with Crippen molar-refractivity contribution in [3.63, 3.8) is 0 Å². The molecule has 0 aliphatic rings. The number of halogens is 1. The average Bonchev–Trinajstić information content (AvgIpc) is 2.82. The van der Waals surface area contributed by atoms with Gasteiger partial charge in [0.1, 0.15) is 11.8 Å². The Balaban J connectivity index is 2.15. The van der Waals surface area contributed by atoms with Crippen LogP contribution in [0.2, 0.25) is 5.02 Å². The maximum atomic E-state index is 13.3. The zero-order valence-corrected chi connectivity index (χ0v) is 23.1. The molecule has 2 aromatic rings. The van der Waals surface area contributed by atoms with E-state index in [1.54, 1.807) is 49.4 Å². The Labute approximate surface area is 219 Å². The number of amides is 2. The number of nitrogens with zero attached hydrogens (tertiary/aromatic N) is 2. The van der Waals surface area contributed by atoms with Gasteiger partial charge in [-0.25, -0.2) is 8.42 Å². The van der Waals surface area contributed by atoms with Crippen molar-refractivity contribution >= 4 is 39.1 Å². The summed E-state index contributed by atoms with van der Waals surface area (Å²) in [5.41, 5.74) is 1.29. The summed E-state index contributed by atoms with van der Waals surface area (Å²) in [4.78, 5) is 27.6. The van der Waals surface area contributed by atoms with E-state index in [-0.39, 0.29) is 43.7 Å². The molecule has 1 unspecified atom stereocenters. The van der Waals surface area contributed by atoms with Crippen LogP contribution >= 0.6 is 11.6 Å². The Morgan fingerprint density at radius 3 is 2.31 bits per heavy atom. The third-order valence-corrected chi connectivity index (χ3v) is 7.04. The quantitative estimate of drug-likeness (QED) is 0.415. The molecule has 0 bridgehead atoms. The topological polar surface area (TPSA) is 96.0 Å². The minimum absolute atomic E-state index is 0.0739. The fourth-order valence-electron chi connectivity index (χ4n) is 3.62. The molecule has 0 saturated heterocycles. The Morgan fingerprint density at radius 1 is 1.08 bits per heavy atom. The first kappa shape index (κ1) is 29.5. The van der Waals surface area contributed by atoms with Gasteiger partial charge in [-0.1, -0.05) is 37.6 Å². The van der Waals surface area contributed by atoms with Gasteiger partial charge in [-0.2, -0.15) is 0 Å². The highest BCUT2D eigenvalue weighted by atomic mass is 35.5. The van der Waals surface area contributed by atoms with Crippen molar-refractivity contribution in [1.82, 2.24) is 10.2 Å². The van der Waals surface area contributed by atoms with Crippen LogP contribution in [-0.4, -0.2) is 57.6 Å². The molecule has 2 rings (SSSR count). The van der Waals surface area contributed by atoms with Crippen molar-refractivity contribution in [2.75, 3.05) is 30.8 Å². The van der Waals surface area contributed by atoms with E-state index in [2.05, 4.69) is 5.32 Å². The third-order valence-electron chi connectivity index (χ3n) is 5.61. The lowest BCUT2D eigenvalue weighted by Gasteiger charge is -2.29. The number of nitrogens with one attached hydrogen (secondary N) is 1. The van der Waals surface area contributed by atoms with E-state index in [0.717, 1.165) is 11.8 Å². The second-order valence-electron chi connectivity index (χ2n) is 9.10. The maximum absolute atomic E-state index is 13.3. The van der Waals surface area contributed by atoms with Crippen molar-refractivity contribution in [1.29, 1.82) is 0 Å². The van der Waals surface area contributed by atoms with Gasteiger partial charge in [0.25, 0.3) is 0 Å². The standard InChI is InChI=1S/C26H36ClN3O5S/c1-19(2)17-28-26(32)20(3)29(18-21-8-6-9-22(27)16-21)25(31)10-7-15-30(36(5,33)34)23-11-13-24(35-4)14-12-23/h6,8-9,11-14,16,19-20H,7,10,15,17-18H2,1-5H3,(H,28,32). The van der Waals surface area contributed by atoms with Crippen LogP contribution in [0.4, 0.5) is 5.69 Å². The summed E-state index contributed by atoms with van der Waals surface area (Å²) < 4.78 is 31.3. The van der Waals surface area contributed by atoms with E-state index in [1.165, 1.54) is 16.3 Å². The maximum Gasteiger partial charge on any atom is 0.242 e. The first-order chi connectivity index (χ1) is 16.9. The van der Waals surface area contributed by atoms with Crippen molar-refractivity contribution in [2.24, 2.45) is 5.92 Å². The third kappa shape index (κ3) is 9.02. The largest absolute Gasteiger partial charge is 0.497 e. The molecule has 198 valence electrons. The molecule has 36 heavy (non-hydrogen) atoms. The van der Waals surface area contributed by atoms with Gasteiger partial charge in [-0.3, -0.25) is 13.9 Å². The molecule has 2 aromatic carbocycles. The lowest BCUT2D eigenvalue weighted by atomic mass is 10.1. The van der Waals surface area contributed by atoms with Gasteiger partial charge >= 0.3 is 0 Å². The van der Waals surface area contributed by atoms with Crippen LogP contribution < -0.4 is 14.4 Å². The molecule has 0 aliphatic heterocycles. The van der Waals surface area contributed by atoms with Crippen LogP contribution in [0, 0.1) is 5.92 Å². The summed E-state index contributed by atoms with van der Waals surface area (Å²) in [6.45, 7) is 6.53. The number of ether oxygens (including phenoxy) is 1. The predicted octanol–water partition coefficient (Wildman–Crippen LogP) is 4.08. The van der Waals surface area contributed by atoms with Crippen LogP contribution in [-0.2, 0) is 26.2 Å². The van der Waals surface area contributed by atoms with E-state index in [9.17, 15) is 18.0 Å². The number of benzene rings is 2. The number of methoxy groups -OCH3 is 1. The van der Waals surface area contributed by atoms with Crippen molar-refractivity contribution in [2.45, 2.75) is 46.2 Å². The molecule has 0 saturated carbocycles. The van der Waals surface area contributed by atoms with Gasteiger partial charge in [-0.15, -0.1) is 0 Å². The number of carbonyl (C=O) groups is 2. The van der Waals surface area contributed by atoms with E-state index in [4.69, 9.17) is 16.3 Å². The molecule has 1 atom stereocenters. The molecule has 8 nitrogen and oxygen atoms in total. The summed E-state index contributed by atoms with van der Waals surface area (Å²) in [5, 5.41) is 3.42. The molecular formula is C26H36ClN3O5S. The van der Waals surface area contributed by atoms with Crippen LogP contribution in [0.25, 0.3) is 0 Å². The van der Waals surface area contributed by atoms with Gasteiger partial charge in [0.2, 0.25) is 21.8 Å². The SMILES string of the molecule is COc1ccc(N(CCCC(=O)N(Cc2cccc(Cl)c2)C(C)C(=O)NCC(C)C)S(C)(=O)=O)cc1. The van der Waals surface area contributed by atoms with Crippen molar-refractivity contribution < 1.29 is 22.7 Å². The summed E-state index contributed by atoms with van der Waals surface area (Å²) in [6.07, 6.45) is 1.49. The lowest BCUT2D eigenvalue weighted by molar-refractivity contribution is -0.140. The van der Waals surface area contributed by atoms with Gasteiger partial charge in [0.05, 0.1) is 19.1 Å². The number of anilines is 1. The van der Waals surface area contributed by atoms with E-state index >= 15 is 0 Å². The number of hydrogen-bond acceptors (Lipinski definition) is 5. The summed E-state index contributed by atoms with van der Waals surface area (Å²) in [6, 6.07) is 13.1. The number of carbonyl (C=O) groups excluding carboxylic acids is 2. The van der Waals surface area contributed by atoms with Crippen LogP contribution in [0.5, 0.6) is 5.75 Å². The van der Waals surface area contributed by atoms with Crippen LogP contribution in [0.3, 0.4) is 0 Å². The first-order valence-corrected chi connectivity index (χ1v) is 14.1. The number of hydrogen-bond donors (Lipinski definition) is 1. The highest BCUT2D eigenvalue weighted by molar-refractivity contribution is 7.92. The molecule has 0 radical (unpaired) electrons. The molecule has 2 amide bonds. The minimum Gasteiger partial charge on any atom is -0.497 e. The van der Waals surface area contributed by atoms with Crippen LogP contribution in [0.1, 0.15) is 39.2 Å². The highest BCUT2D eigenvalue weighted by Crippen LogP contribution is 2.22. The molecule has 0 fully saturated rings. The smallest absolute Gasteiger partial charge is 0.242 e. The minimum atomic E-state index is -3.57. The Morgan fingerprint density at radius 2 is 1.75 bits per heavy atom. The normalized spacial score (nSPS) is 12.2. The lowest BCUT2D eigenvalue weighted by Crippen LogP contribution is -2.48. The molecule has 0 aromatic heterocycles. The zero-order chi connectivity index (χ0) is 26.9. The second-order valence-corrected chi connectivity index (χ2v) is 11.4. The van der Waals surface area contributed by atoms with E-state index in [1.807, 2.05) is 19.9 Å². The Hall–Kier alpha value is -2.78. The van der Waals surface area contributed by atoms with Crippen LogP contribution in [0.15, 0.2) is 48.5 Å². The van der Waals surface area contributed by atoms with Crippen molar-refractivity contribution in [3.8, 4) is 5.75 Å². The number of sulfonamides is 1. The predicted molar refractivity (Wildman–Crippen MR) is 144 cm³/mol. The number of rotatable bonds is 13. The zero-order valence-electron chi connectivity index (χ0n) is 21.5. The Bertz CT molecular complexity index is 1120. The fourth-order valence-corrected chi connectivity index (χ4v) is 4.80. The van der Waals surface area contributed by atoms with Crippen molar-refractivity contribution in [3.05, 3.63) is 59.1 Å². The summed E-state index contributed by atoms with van der Waals surface area (Å²) in [7, 11) is -2.03. The monoisotopic (exact) mass is 537 g/mol. The molecule has 0 heterocycles. The Kier molecular flexibility index (Phi) is 11.0. The summed E-state index contributed by atoms with van der Waals surface area (Å²) >= 11 is 6.12. The molecule has 0 aliphatic carbocycles. The highest BCUT2D eigenvalue weighted by Gasteiger charge is 2.26. The van der Waals surface area contributed by atoms with Gasteiger partial charge < -0.3 is 15.0 Å². The van der Waals surface area contributed by atoms with Gasteiger partial charge in [0.15, 0.2) is 0 Å². The second kappa shape index (κ2) is 13.5. The van der Waals surface area contributed by atoms with Gasteiger partial charge in [-0.05, 0) is 61.2 Å². The van der Waals surface area contributed by atoms with E-state index < -0.39 is 16.1 Å². The average molecular weight is 538 g/mol. The molecular weight excluding hydrogens is 502 g/mol. The fraction of sp³-hybridized carbons (Fsp3) is 0.462. The van der Waals surface area contributed by atoms with E-state index in [0.29, 0.717) is 23.0 Å². The summed E-state index contributed by atoms with van der Waals surface area (Å²) in [5.74, 6) is 0.405. The first-order valence-electron chi connectivity index (χ1n) is 11.9.